The summed E-state index contributed by atoms with van der Waals surface area (Å²) in [5.41, 5.74) is 0.787. The summed E-state index contributed by atoms with van der Waals surface area (Å²) in [5.74, 6) is -0.318. The molecule has 0 fully saturated rings. The van der Waals surface area contributed by atoms with Crippen molar-refractivity contribution >= 4 is 0 Å². The van der Waals surface area contributed by atoms with Crippen molar-refractivity contribution in [1.82, 2.24) is 10.3 Å². The van der Waals surface area contributed by atoms with E-state index >= 15 is 0 Å². The molecule has 0 aliphatic rings. The summed E-state index contributed by atoms with van der Waals surface area (Å²) in [4.78, 5) is 3.99. The molecule has 1 rings (SSSR count). The molecule has 1 heterocycles. The number of hydrogen-bond acceptors (Lipinski definition) is 2. The standard InChI is InChI=1S/C11H15FN2/c1-4-10(14-8(2)3)11-6-5-9(12)7-13-11/h4-8,10,14H,1H2,2-3H3. The number of rotatable bonds is 4. The number of pyridine rings is 1. The fraction of sp³-hybridized carbons (Fsp3) is 0.364. The van der Waals surface area contributed by atoms with E-state index in [2.05, 4.69) is 16.9 Å². The third-order valence-electron chi connectivity index (χ3n) is 1.82. The predicted molar refractivity (Wildman–Crippen MR) is 55.4 cm³/mol. The summed E-state index contributed by atoms with van der Waals surface area (Å²) < 4.78 is 12.6. The Kier molecular flexibility index (Phi) is 3.77. The fourth-order valence-corrected chi connectivity index (χ4v) is 1.20. The molecule has 0 spiro atoms. The van der Waals surface area contributed by atoms with Gasteiger partial charge in [0.05, 0.1) is 17.9 Å². The first kappa shape index (κ1) is 10.9. The number of nitrogens with one attached hydrogen (secondary N) is 1. The second-order valence-electron chi connectivity index (χ2n) is 3.44. The fourth-order valence-electron chi connectivity index (χ4n) is 1.20. The van der Waals surface area contributed by atoms with E-state index < -0.39 is 0 Å². The molecule has 1 unspecified atom stereocenters. The zero-order valence-corrected chi connectivity index (χ0v) is 8.50. The Morgan fingerprint density at radius 1 is 1.50 bits per heavy atom. The van der Waals surface area contributed by atoms with Crippen molar-refractivity contribution in [3.8, 4) is 0 Å². The van der Waals surface area contributed by atoms with Gasteiger partial charge in [-0.1, -0.05) is 6.08 Å². The minimum atomic E-state index is -0.318. The Balaban J connectivity index is 2.78. The van der Waals surface area contributed by atoms with E-state index in [1.807, 2.05) is 13.8 Å². The lowest BCUT2D eigenvalue weighted by Crippen LogP contribution is -2.27. The SMILES string of the molecule is C=CC(NC(C)C)c1ccc(F)cn1. The second-order valence-corrected chi connectivity index (χ2v) is 3.44. The van der Waals surface area contributed by atoms with Gasteiger partial charge in [-0.25, -0.2) is 4.39 Å². The summed E-state index contributed by atoms with van der Waals surface area (Å²) in [6.45, 7) is 7.80. The monoisotopic (exact) mass is 194 g/mol. The van der Waals surface area contributed by atoms with Gasteiger partial charge >= 0.3 is 0 Å². The van der Waals surface area contributed by atoms with Crippen molar-refractivity contribution in [1.29, 1.82) is 0 Å². The quantitative estimate of drug-likeness (QED) is 0.745. The molecular weight excluding hydrogens is 179 g/mol. The zero-order valence-electron chi connectivity index (χ0n) is 8.50. The van der Waals surface area contributed by atoms with E-state index in [-0.39, 0.29) is 11.9 Å². The Morgan fingerprint density at radius 3 is 2.64 bits per heavy atom. The van der Waals surface area contributed by atoms with Gasteiger partial charge in [0.1, 0.15) is 5.82 Å². The summed E-state index contributed by atoms with van der Waals surface area (Å²) in [5, 5.41) is 3.26. The largest absolute Gasteiger partial charge is 0.303 e. The Morgan fingerprint density at radius 2 is 2.21 bits per heavy atom. The minimum absolute atomic E-state index is 0.0180. The van der Waals surface area contributed by atoms with Gasteiger partial charge < -0.3 is 5.32 Å². The van der Waals surface area contributed by atoms with Crippen molar-refractivity contribution in [2.75, 3.05) is 0 Å². The highest BCUT2D eigenvalue weighted by molar-refractivity contribution is 5.14. The van der Waals surface area contributed by atoms with Crippen LogP contribution in [-0.2, 0) is 0 Å². The normalized spacial score (nSPS) is 12.9. The number of nitrogens with zero attached hydrogens (tertiary/aromatic N) is 1. The maximum Gasteiger partial charge on any atom is 0.141 e. The third kappa shape index (κ3) is 2.92. The molecule has 1 N–H and O–H groups in total. The molecule has 0 radical (unpaired) electrons. The second kappa shape index (κ2) is 4.86. The van der Waals surface area contributed by atoms with Crippen LogP contribution in [0.2, 0.25) is 0 Å². The molecule has 76 valence electrons. The number of hydrogen-bond donors (Lipinski definition) is 1. The Hall–Kier alpha value is -1.22. The topological polar surface area (TPSA) is 24.9 Å². The first-order valence-electron chi connectivity index (χ1n) is 4.63. The molecule has 1 atom stereocenters. The predicted octanol–water partition coefficient (Wildman–Crippen LogP) is 2.45. The lowest BCUT2D eigenvalue weighted by molar-refractivity contribution is 0.528. The van der Waals surface area contributed by atoms with Crippen LogP contribution in [0.4, 0.5) is 4.39 Å². The van der Waals surface area contributed by atoms with Crippen LogP contribution in [0, 0.1) is 5.82 Å². The average molecular weight is 194 g/mol. The zero-order chi connectivity index (χ0) is 10.6. The van der Waals surface area contributed by atoms with Gasteiger partial charge in [-0.15, -0.1) is 6.58 Å². The van der Waals surface area contributed by atoms with E-state index in [0.717, 1.165) is 5.69 Å². The lowest BCUT2D eigenvalue weighted by Gasteiger charge is -2.16. The molecule has 0 aliphatic carbocycles. The Labute approximate surface area is 83.9 Å². The van der Waals surface area contributed by atoms with Crippen molar-refractivity contribution in [3.63, 3.8) is 0 Å². The van der Waals surface area contributed by atoms with E-state index in [4.69, 9.17) is 0 Å². The van der Waals surface area contributed by atoms with Crippen LogP contribution in [0.25, 0.3) is 0 Å². The summed E-state index contributed by atoms with van der Waals surface area (Å²) in [6, 6.07) is 3.39. The van der Waals surface area contributed by atoms with Crippen LogP contribution in [0.1, 0.15) is 25.6 Å². The average Bonchev–Trinajstić information content (AvgIpc) is 2.15. The van der Waals surface area contributed by atoms with Crippen LogP contribution < -0.4 is 5.32 Å². The number of halogens is 1. The molecular formula is C11H15FN2. The molecule has 3 heteroatoms. The van der Waals surface area contributed by atoms with Gasteiger partial charge in [0, 0.05) is 6.04 Å². The van der Waals surface area contributed by atoms with Gasteiger partial charge in [0.2, 0.25) is 0 Å². The van der Waals surface area contributed by atoms with Crippen molar-refractivity contribution in [2.24, 2.45) is 0 Å². The molecule has 1 aromatic heterocycles. The Bertz CT molecular complexity index is 293. The molecule has 1 aromatic rings. The van der Waals surface area contributed by atoms with E-state index in [9.17, 15) is 4.39 Å². The molecule has 0 amide bonds. The van der Waals surface area contributed by atoms with Gasteiger partial charge in [0.15, 0.2) is 0 Å². The maximum absolute atomic E-state index is 12.6. The van der Waals surface area contributed by atoms with Crippen molar-refractivity contribution in [2.45, 2.75) is 25.9 Å². The van der Waals surface area contributed by atoms with Gasteiger partial charge in [0.25, 0.3) is 0 Å². The molecule has 0 saturated carbocycles. The summed E-state index contributed by atoms with van der Waals surface area (Å²) in [7, 11) is 0. The van der Waals surface area contributed by atoms with Crippen LogP contribution in [0.5, 0.6) is 0 Å². The summed E-state index contributed by atoms with van der Waals surface area (Å²) >= 11 is 0. The molecule has 14 heavy (non-hydrogen) atoms. The van der Waals surface area contributed by atoms with Crippen LogP contribution in [0.15, 0.2) is 31.0 Å². The highest BCUT2D eigenvalue weighted by Crippen LogP contribution is 2.11. The van der Waals surface area contributed by atoms with Crippen LogP contribution >= 0.6 is 0 Å². The van der Waals surface area contributed by atoms with Gasteiger partial charge in [-0.05, 0) is 26.0 Å². The molecule has 2 nitrogen and oxygen atoms in total. The maximum atomic E-state index is 12.6. The van der Waals surface area contributed by atoms with Crippen LogP contribution in [0.3, 0.4) is 0 Å². The van der Waals surface area contributed by atoms with E-state index in [1.54, 1.807) is 12.1 Å². The smallest absolute Gasteiger partial charge is 0.141 e. The molecule has 0 aromatic carbocycles. The summed E-state index contributed by atoms with van der Waals surface area (Å²) in [6.07, 6.45) is 2.98. The van der Waals surface area contributed by atoms with E-state index in [1.165, 1.54) is 12.3 Å². The molecule has 0 saturated heterocycles. The minimum Gasteiger partial charge on any atom is -0.303 e. The van der Waals surface area contributed by atoms with E-state index in [0.29, 0.717) is 6.04 Å². The molecule has 0 aliphatic heterocycles. The number of aromatic nitrogens is 1. The van der Waals surface area contributed by atoms with Crippen molar-refractivity contribution in [3.05, 3.63) is 42.5 Å². The highest BCUT2D eigenvalue weighted by Gasteiger charge is 2.09. The third-order valence-corrected chi connectivity index (χ3v) is 1.82. The molecule has 0 bridgehead atoms. The van der Waals surface area contributed by atoms with Crippen LogP contribution in [-0.4, -0.2) is 11.0 Å². The van der Waals surface area contributed by atoms with Gasteiger partial charge in [-0.2, -0.15) is 0 Å². The lowest BCUT2D eigenvalue weighted by atomic mass is 10.1. The van der Waals surface area contributed by atoms with Gasteiger partial charge in [-0.3, -0.25) is 4.98 Å². The highest BCUT2D eigenvalue weighted by atomic mass is 19.1. The first-order chi connectivity index (χ1) is 6.63. The van der Waals surface area contributed by atoms with Crippen molar-refractivity contribution < 1.29 is 4.39 Å². The first-order valence-corrected chi connectivity index (χ1v) is 4.63.